The first-order chi connectivity index (χ1) is 8.94. The number of nitrogens with two attached hydrogens (primary N) is 1. The van der Waals surface area contributed by atoms with E-state index in [1.807, 2.05) is 27.7 Å². The van der Waals surface area contributed by atoms with E-state index in [-0.39, 0.29) is 10.6 Å². The van der Waals surface area contributed by atoms with Gasteiger partial charge in [-0.15, -0.1) is 8.37 Å². The van der Waals surface area contributed by atoms with E-state index >= 15 is 0 Å². The highest BCUT2D eigenvalue weighted by Crippen LogP contribution is 2.45. The molecule has 1 heterocycles. The molecule has 2 rings (SSSR count). The highest BCUT2D eigenvalue weighted by Gasteiger charge is 2.60. The van der Waals surface area contributed by atoms with Gasteiger partial charge in [-0.25, -0.2) is 0 Å². The molecule has 1 aliphatic rings. The molecule has 7 heteroatoms. The molecular formula is C13H17F3NO2S+. The van der Waals surface area contributed by atoms with E-state index in [4.69, 9.17) is 14.1 Å². The van der Waals surface area contributed by atoms with Crippen molar-refractivity contribution < 1.29 is 21.5 Å². The second kappa shape index (κ2) is 4.54. The lowest BCUT2D eigenvalue weighted by molar-refractivity contribution is -0.137. The van der Waals surface area contributed by atoms with Crippen molar-refractivity contribution in [3.8, 4) is 0 Å². The highest BCUT2D eigenvalue weighted by molar-refractivity contribution is 7.88. The molecule has 1 saturated heterocycles. The Morgan fingerprint density at radius 2 is 1.55 bits per heavy atom. The van der Waals surface area contributed by atoms with Crippen molar-refractivity contribution in [2.24, 2.45) is 0 Å². The van der Waals surface area contributed by atoms with Gasteiger partial charge >= 0.3 is 17.6 Å². The van der Waals surface area contributed by atoms with Crippen LogP contribution in [0.4, 0.5) is 18.9 Å². The summed E-state index contributed by atoms with van der Waals surface area (Å²) in [5, 5.41) is 0. The minimum absolute atomic E-state index is 0.231. The molecule has 0 atom stereocenters. The van der Waals surface area contributed by atoms with Crippen molar-refractivity contribution in [1.82, 2.24) is 0 Å². The lowest BCUT2D eigenvalue weighted by Gasteiger charge is -2.23. The Kier molecular flexibility index (Phi) is 3.51. The molecular weight excluding hydrogens is 291 g/mol. The summed E-state index contributed by atoms with van der Waals surface area (Å²) < 4.78 is 49.8. The number of hydrogen-bond donors (Lipinski definition) is 1. The van der Waals surface area contributed by atoms with Gasteiger partial charge in [0.1, 0.15) is 0 Å². The number of benzene rings is 1. The van der Waals surface area contributed by atoms with Crippen LogP contribution in [-0.4, -0.2) is 11.2 Å². The monoisotopic (exact) mass is 308 g/mol. The van der Waals surface area contributed by atoms with Gasteiger partial charge < -0.3 is 5.73 Å². The zero-order valence-electron chi connectivity index (χ0n) is 11.7. The summed E-state index contributed by atoms with van der Waals surface area (Å²) in [4.78, 5) is 0.235. The Bertz CT molecular complexity index is 513. The normalized spacial score (nSPS) is 22.1. The fraction of sp³-hybridized carbons (Fsp3) is 0.538. The molecule has 0 bridgehead atoms. The fourth-order valence-corrected chi connectivity index (χ4v) is 3.40. The molecule has 20 heavy (non-hydrogen) atoms. The van der Waals surface area contributed by atoms with Gasteiger partial charge in [0.15, 0.2) is 11.2 Å². The molecule has 0 spiro atoms. The van der Waals surface area contributed by atoms with Gasteiger partial charge in [-0.1, -0.05) is 0 Å². The smallest absolute Gasteiger partial charge is 0.394 e. The van der Waals surface area contributed by atoms with Crippen LogP contribution in [0.25, 0.3) is 0 Å². The predicted octanol–water partition coefficient (Wildman–Crippen LogP) is 3.70. The fourth-order valence-electron chi connectivity index (χ4n) is 1.54. The maximum Gasteiger partial charge on any atom is 0.416 e. The van der Waals surface area contributed by atoms with E-state index < -0.39 is 34.4 Å². The highest BCUT2D eigenvalue weighted by atomic mass is 32.2. The summed E-state index contributed by atoms with van der Waals surface area (Å²) >= 11 is -1.21. The van der Waals surface area contributed by atoms with E-state index in [1.54, 1.807) is 0 Å². The minimum atomic E-state index is -4.42. The van der Waals surface area contributed by atoms with Crippen molar-refractivity contribution in [3.05, 3.63) is 23.8 Å². The summed E-state index contributed by atoms with van der Waals surface area (Å²) in [6.45, 7) is 7.35. The van der Waals surface area contributed by atoms with Crippen molar-refractivity contribution in [1.29, 1.82) is 0 Å². The zero-order chi connectivity index (χ0) is 15.3. The van der Waals surface area contributed by atoms with Crippen LogP contribution in [0.1, 0.15) is 33.3 Å². The van der Waals surface area contributed by atoms with E-state index in [0.29, 0.717) is 0 Å². The third kappa shape index (κ3) is 2.62. The number of alkyl halides is 3. The second-order valence-corrected chi connectivity index (χ2v) is 6.91. The van der Waals surface area contributed by atoms with Gasteiger partial charge in [-0.2, -0.15) is 13.2 Å². The molecule has 3 nitrogen and oxygen atoms in total. The van der Waals surface area contributed by atoms with Crippen molar-refractivity contribution >= 4 is 17.1 Å². The lowest BCUT2D eigenvalue weighted by atomic mass is 9.90. The van der Waals surface area contributed by atoms with Crippen molar-refractivity contribution in [2.45, 2.75) is 50.0 Å². The molecule has 1 aromatic carbocycles. The summed E-state index contributed by atoms with van der Waals surface area (Å²) in [7, 11) is 0. The third-order valence-corrected chi connectivity index (χ3v) is 5.39. The molecule has 0 unspecified atom stereocenters. The van der Waals surface area contributed by atoms with Gasteiger partial charge in [0.05, 0.1) is 11.3 Å². The first kappa shape index (κ1) is 15.5. The quantitative estimate of drug-likeness (QED) is 0.635. The molecule has 2 N–H and O–H groups in total. The van der Waals surface area contributed by atoms with E-state index in [0.717, 1.165) is 12.1 Å². The molecule has 1 aromatic rings. The number of rotatable bonds is 1. The van der Waals surface area contributed by atoms with Crippen LogP contribution in [0.2, 0.25) is 0 Å². The first-order valence-electron chi connectivity index (χ1n) is 6.04. The van der Waals surface area contributed by atoms with Crippen LogP contribution < -0.4 is 5.73 Å². The van der Waals surface area contributed by atoms with Gasteiger partial charge in [0.25, 0.3) is 4.90 Å². The molecule has 0 amide bonds. The lowest BCUT2D eigenvalue weighted by Crippen LogP contribution is -2.41. The van der Waals surface area contributed by atoms with E-state index in [9.17, 15) is 13.2 Å². The van der Waals surface area contributed by atoms with Gasteiger partial charge in [0.2, 0.25) is 0 Å². The number of anilines is 1. The van der Waals surface area contributed by atoms with Crippen LogP contribution in [-0.2, 0) is 26.0 Å². The zero-order valence-corrected chi connectivity index (χ0v) is 12.5. The Labute approximate surface area is 119 Å². The number of halogens is 3. The molecule has 1 fully saturated rings. The summed E-state index contributed by atoms with van der Waals surface area (Å²) in [5.74, 6) is 0. The summed E-state index contributed by atoms with van der Waals surface area (Å²) in [5.41, 5.74) is 4.01. The van der Waals surface area contributed by atoms with Crippen molar-refractivity contribution in [3.63, 3.8) is 0 Å². The van der Waals surface area contributed by atoms with E-state index in [1.165, 1.54) is 6.07 Å². The first-order valence-corrected chi connectivity index (χ1v) is 7.11. The van der Waals surface area contributed by atoms with E-state index in [2.05, 4.69) is 0 Å². The molecule has 0 radical (unpaired) electrons. The van der Waals surface area contributed by atoms with Crippen LogP contribution in [0.5, 0.6) is 0 Å². The third-order valence-electron chi connectivity index (χ3n) is 3.54. The minimum Gasteiger partial charge on any atom is -0.394 e. The van der Waals surface area contributed by atoms with Gasteiger partial charge in [0, 0.05) is 6.07 Å². The topological polar surface area (TPSA) is 44.5 Å². The van der Waals surface area contributed by atoms with Crippen LogP contribution >= 0.6 is 0 Å². The standard InChI is InChI=1S/C13H17F3NO2S/c1-11(2)12(3,4)19-20(18-11)10-7-8(13(14,15)16)5-6-9(10)17/h5-7H,17H2,1-4H3/q+1. The molecule has 1 aliphatic heterocycles. The van der Waals surface area contributed by atoms with Crippen LogP contribution in [0.3, 0.4) is 0 Å². The summed E-state index contributed by atoms with van der Waals surface area (Å²) in [6.07, 6.45) is -4.42. The van der Waals surface area contributed by atoms with Gasteiger partial charge in [-0.05, 0) is 39.8 Å². The molecule has 112 valence electrons. The maximum absolute atomic E-state index is 12.8. The molecule has 0 saturated carbocycles. The number of nitrogen functional groups attached to an aromatic ring is 1. The average Bonchev–Trinajstić information content (AvgIpc) is 2.46. The van der Waals surface area contributed by atoms with Crippen molar-refractivity contribution in [2.75, 3.05) is 5.73 Å². The molecule has 0 aliphatic carbocycles. The number of hydrogen-bond acceptors (Lipinski definition) is 3. The predicted molar refractivity (Wildman–Crippen MR) is 71.8 cm³/mol. The maximum atomic E-state index is 12.8. The van der Waals surface area contributed by atoms with Gasteiger partial charge in [-0.3, -0.25) is 0 Å². The molecule has 0 aromatic heterocycles. The van der Waals surface area contributed by atoms with Crippen LogP contribution in [0.15, 0.2) is 23.1 Å². The average molecular weight is 308 g/mol. The Morgan fingerprint density at radius 3 is 2.00 bits per heavy atom. The summed E-state index contributed by atoms with van der Waals surface area (Å²) in [6, 6.07) is 3.18. The Morgan fingerprint density at radius 1 is 1.05 bits per heavy atom. The van der Waals surface area contributed by atoms with Crippen LogP contribution in [0, 0.1) is 0 Å². The SMILES string of the molecule is CC1(C)O[S+](c2cc(C(F)(F)F)ccc2N)OC1(C)C. The second-order valence-electron chi connectivity index (χ2n) is 5.67. The Balaban J connectivity index is 2.40. The largest absolute Gasteiger partial charge is 0.416 e. The Hall–Kier alpha value is -0.920.